The monoisotopic (exact) mass is 358 g/mol. The maximum Gasteiger partial charge on any atom is 0.274 e. The van der Waals surface area contributed by atoms with E-state index in [1.807, 2.05) is 12.1 Å². The molecular weight excluding hydrogens is 347 g/mol. The normalized spacial score (nSPS) is 10.7. The first-order chi connectivity index (χ1) is 9.56. The van der Waals surface area contributed by atoms with Crippen LogP contribution < -0.4 is 5.32 Å². The molecule has 20 heavy (non-hydrogen) atoms. The second-order valence-corrected chi connectivity index (χ2v) is 6.71. The Morgan fingerprint density at radius 1 is 1.35 bits per heavy atom. The number of nitrogens with zero attached hydrogens (tertiary/aromatic N) is 1. The van der Waals surface area contributed by atoms with Gasteiger partial charge in [0.1, 0.15) is 5.82 Å². The highest BCUT2D eigenvalue weighted by Crippen LogP contribution is 2.22. The van der Waals surface area contributed by atoms with Crippen molar-refractivity contribution in [3.8, 4) is 0 Å². The number of nitro benzene ring substituents is 1. The minimum Gasteiger partial charge on any atom is -0.312 e. The Morgan fingerprint density at radius 2 is 2.15 bits per heavy atom. The Kier molecular flexibility index (Phi) is 5.22. The summed E-state index contributed by atoms with van der Waals surface area (Å²) in [6, 6.07) is 7.51. The highest BCUT2D eigenvalue weighted by atomic mass is 79.9. The summed E-state index contributed by atoms with van der Waals surface area (Å²) in [6.07, 6.45) is 0.833. The zero-order valence-electron chi connectivity index (χ0n) is 10.4. The molecule has 1 N–H and O–H groups in total. The molecular formula is C13H12BrFN2O2S. The number of benzene rings is 1. The molecule has 0 bridgehead atoms. The van der Waals surface area contributed by atoms with Crippen molar-refractivity contribution < 1.29 is 9.31 Å². The van der Waals surface area contributed by atoms with Gasteiger partial charge in [0.25, 0.3) is 5.69 Å². The van der Waals surface area contributed by atoms with Crippen molar-refractivity contribution in [2.75, 3.05) is 6.54 Å². The molecule has 0 saturated heterocycles. The van der Waals surface area contributed by atoms with Crippen LogP contribution in [0.2, 0.25) is 0 Å². The molecule has 0 amide bonds. The van der Waals surface area contributed by atoms with E-state index in [4.69, 9.17) is 0 Å². The number of halogens is 2. The third kappa shape index (κ3) is 4.09. The molecule has 0 saturated carbocycles. The fraction of sp³-hybridized carbons (Fsp3) is 0.231. The number of hydrogen-bond donors (Lipinski definition) is 1. The zero-order chi connectivity index (χ0) is 14.5. The van der Waals surface area contributed by atoms with Crippen LogP contribution in [0.4, 0.5) is 10.1 Å². The van der Waals surface area contributed by atoms with E-state index in [9.17, 15) is 14.5 Å². The fourth-order valence-corrected chi connectivity index (χ4v) is 3.28. The molecule has 0 aliphatic carbocycles. The van der Waals surface area contributed by atoms with Crippen LogP contribution in [0, 0.1) is 15.9 Å². The lowest BCUT2D eigenvalue weighted by Gasteiger charge is -2.05. The summed E-state index contributed by atoms with van der Waals surface area (Å²) < 4.78 is 14.2. The molecule has 1 aromatic heterocycles. The standard InChI is InChI=1S/C13H12BrFN2O2S/c14-13-4-2-11(20-13)5-6-16-8-9-7-10(15)1-3-12(9)17(18)19/h1-4,7,16H,5-6,8H2. The summed E-state index contributed by atoms with van der Waals surface area (Å²) in [7, 11) is 0. The minimum atomic E-state index is -0.493. The minimum absolute atomic E-state index is 0.0576. The van der Waals surface area contributed by atoms with E-state index in [2.05, 4.69) is 21.2 Å². The lowest BCUT2D eigenvalue weighted by atomic mass is 10.1. The molecule has 2 rings (SSSR count). The van der Waals surface area contributed by atoms with Crippen LogP contribution in [-0.4, -0.2) is 11.5 Å². The van der Waals surface area contributed by atoms with E-state index in [1.54, 1.807) is 11.3 Å². The third-order valence-electron chi connectivity index (χ3n) is 2.73. The molecule has 0 atom stereocenters. The summed E-state index contributed by atoms with van der Waals surface area (Å²) in [4.78, 5) is 11.6. The SMILES string of the molecule is O=[N+]([O-])c1ccc(F)cc1CNCCc1ccc(Br)s1. The summed E-state index contributed by atoms with van der Waals surface area (Å²) >= 11 is 5.05. The second-order valence-electron chi connectivity index (χ2n) is 4.16. The Morgan fingerprint density at radius 3 is 2.80 bits per heavy atom. The molecule has 0 spiro atoms. The van der Waals surface area contributed by atoms with Gasteiger partial charge in [-0.15, -0.1) is 11.3 Å². The Bertz CT molecular complexity index is 618. The van der Waals surface area contributed by atoms with Crippen molar-refractivity contribution in [1.82, 2.24) is 5.32 Å². The first-order valence-electron chi connectivity index (χ1n) is 5.94. The molecule has 0 radical (unpaired) electrons. The van der Waals surface area contributed by atoms with Gasteiger partial charge >= 0.3 is 0 Å². The van der Waals surface area contributed by atoms with Gasteiger partial charge < -0.3 is 5.32 Å². The van der Waals surface area contributed by atoms with E-state index >= 15 is 0 Å². The van der Waals surface area contributed by atoms with Gasteiger partial charge in [-0.2, -0.15) is 0 Å². The quantitative estimate of drug-likeness (QED) is 0.484. The van der Waals surface area contributed by atoms with E-state index in [0.717, 1.165) is 16.3 Å². The smallest absolute Gasteiger partial charge is 0.274 e. The van der Waals surface area contributed by atoms with Crippen molar-refractivity contribution in [2.24, 2.45) is 0 Å². The maximum absolute atomic E-state index is 13.1. The molecule has 0 fully saturated rings. The number of nitrogens with one attached hydrogen (secondary N) is 1. The second kappa shape index (κ2) is 6.92. The van der Waals surface area contributed by atoms with Crippen molar-refractivity contribution in [2.45, 2.75) is 13.0 Å². The number of thiophene rings is 1. The largest absolute Gasteiger partial charge is 0.312 e. The van der Waals surface area contributed by atoms with Crippen LogP contribution in [0.25, 0.3) is 0 Å². The number of hydrogen-bond acceptors (Lipinski definition) is 4. The van der Waals surface area contributed by atoms with Crippen molar-refractivity contribution in [1.29, 1.82) is 0 Å². The van der Waals surface area contributed by atoms with Gasteiger partial charge in [-0.25, -0.2) is 4.39 Å². The highest BCUT2D eigenvalue weighted by molar-refractivity contribution is 9.11. The van der Waals surface area contributed by atoms with Crippen molar-refractivity contribution in [3.63, 3.8) is 0 Å². The Balaban J connectivity index is 1.90. The van der Waals surface area contributed by atoms with Crippen LogP contribution in [0.1, 0.15) is 10.4 Å². The van der Waals surface area contributed by atoms with Crippen molar-refractivity contribution in [3.05, 3.63) is 60.5 Å². The molecule has 4 nitrogen and oxygen atoms in total. The molecule has 0 aliphatic heterocycles. The first-order valence-corrected chi connectivity index (χ1v) is 7.55. The van der Waals surface area contributed by atoms with Gasteiger partial charge in [0.05, 0.1) is 8.71 Å². The highest BCUT2D eigenvalue weighted by Gasteiger charge is 2.13. The van der Waals surface area contributed by atoms with Crippen LogP contribution in [-0.2, 0) is 13.0 Å². The fourth-order valence-electron chi connectivity index (χ4n) is 1.79. The predicted octanol–water partition coefficient (Wildman–Crippen LogP) is 3.89. The molecule has 0 unspecified atom stereocenters. The average molecular weight is 359 g/mol. The van der Waals surface area contributed by atoms with Gasteiger partial charge in [0.2, 0.25) is 0 Å². The lowest BCUT2D eigenvalue weighted by Crippen LogP contribution is -2.17. The van der Waals surface area contributed by atoms with E-state index in [-0.39, 0.29) is 12.2 Å². The predicted molar refractivity (Wildman–Crippen MR) is 80.5 cm³/mol. The third-order valence-corrected chi connectivity index (χ3v) is 4.41. The summed E-state index contributed by atoms with van der Waals surface area (Å²) in [6.45, 7) is 0.960. The summed E-state index contributed by atoms with van der Waals surface area (Å²) in [5.41, 5.74) is 0.306. The molecule has 7 heteroatoms. The number of rotatable bonds is 6. The van der Waals surface area contributed by atoms with Gasteiger partial charge in [0, 0.05) is 29.6 Å². The Hall–Kier alpha value is -1.31. The molecule has 106 valence electrons. The van der Waals surface area contributed by atoms with Crippen LogP contribution >= 0.6 is 27.3 Å². The van der Waals surface area contributed by atoms with E-state index in [0.29, 0.717) is 12.1 Å². The topological polar surface area (TPSA) is 55.2 Å². The van der Waals surface area contributed by atoms with Crippen molar-refractivity contribution >= 4 is 33.0 Å². The van der Waals surface area contributed by atoms with Gasteiger partial charge in [-0.1, -0.05) is 0 Å². The first kappa shape index (κ1) is 15.1. The zero-order valence-corrected chi connectivity index (χ0v) is 12.8. The molecule has 1 heterocycles. The van der Waals surface area contributed by atoms with Crippen LogP contribution in [0.15, 0.2) is 34.1 Å². The Labute approximate surface area is 127 Å². The molecule has 2 aromatic rings. The van der Waals surface area contributed by atoms with E-state index in [1.165, 1.54) is 17.0 Å². The summed E-state index contributed by atoms with van der Waals surface area (Å²) in [5, 5.41) is 13.9. The van der Waals surface area contributed by atoms with Gasteiger partial charge in [0.15, 0.2) is 0 Å². The lowest BCUT2D eigenvalue weighted by molar-refractivity contribution is -0.385. The molecule has 1 aromatic carbocycles. The van der Waals surface area contributed by atoms with Gasteiger partial charge in [-0.05, 0) is 46.6 Å². The van der Waals surface area contributed by atoms with E-state index < -0.39 is 10.7 Å². The maximum atomic E-state index is 13.1. The summed E-state index contributed by atoms with van der Waals surface area (Å²) in [5.74, 6) is -0.463. The molecule has 0 aliphatic rings. The van der Waals surface area contributed by atoms with Gasteiger partial charge in [-0.3, -0.25) is 10.1 Å². The average Bonchev–Trinajstić information content (AvgIpc) is 2.80. The number of nitro groups is 1. The van der Waals surface area contributed by atoms with Crippen LogP contribution in [0.5, 0.6) is 0 Å². The van der Waals surface area contributed by atoms with Crippen LogP contribution in [0.3, 0.4) is 0 Å².